The zero-order valence-electron chi connectivity index (χ0n) is 18.1. The zero-order chi connectivity index (χ0) is 24.1. The second-order valence-electron chi connectivity index (χ2n) is 7.74. The number of benzene rings is 3. The number of hydrogen-bond donors (Lipinski definition) is 1. The van der Waals surface area contributed by atoms with Crippen LogP contribution in [0.15, 0.2) is 78.9 Å². The summed E-state index contributed by atoms with van der Waals surface area (Å²) in [6.45, 7) is 1.22. The standard InChI is InChI=1S/C25H22F3N3O3/c26-25(27,28)34-20-13-11-18(12-14-20)17-30-15-6-16-31(24(30)33)22-10-5-4-9-21(22)29-23(32)19-7-2-1-3-8-19/h1-5,7-14H,6,15-17H2,(H,29,32). The van der Waals surface area contributed by atoms with E-state index < -0.39 is 6.36 Å². The van der Waals surface area contributed by atoms with Crippen LogP contribution >= 0.6 is 0 Å². The van der Waals surface area contributed by atoms with E-state index in [0.717, 1.165) is 0 Å². The molecule has 0 bridgehead atoms. The normalized spacial score (nSPS) is 14.1. The minimum Gasteiger partial charge on any atom is -0.406 e. The number of urea groups is 1. The molecule has 0 atom stereocenters. The predicted molar refractivity (Wildman–Crippen MR) is 122 cm³/mol. The summed E-state index contributed by atoms with van der Waals surface area (Å²) in [4.78, 5) is 29.1. The molecule has 1 heterocycles. The van der Waals surface area contributed by atoms with Crippen LogP contribution in [0.4, 0.5) is 29.3 Å². The predicted octanol–water partition coefficient (Wildman–Crippen LogP) is 5.67. The van der Waals surface area contributed by atoms with Crippen LogP contribution in [0.1, 0.15) is 22.3 Å². The van der Waals surface area contributed by atoms with Crippen molar-refractivity contribution in [2.45, 2.75) is 19.3 Å². The van der Waals surface area contributed by atoms with E-state index in [2.05, 4.69) is 10.1 Å². The van der Waals surface area contributed by atoms with Gasteiger partial charge >= 0.3 is 12.4 Å². The monoisotopic (exact) mass is 469 g/mol. The summed E-state index contributed by atoms with van der Waals surface area (Å²) in [5.74, 6) is -0.596. The molecule has 0 aliphatic carbocycles. The third-order valence-electron chi connectivity index (χ3n) is 5.32. The number of hydrogen-bond acceptors (Lipinski definition) is 3. The lowest BCUT2D eigenvalue weighted by Gasteiger charge is -2.36. The molecule has 1 aliphatic rings. The summed E-state index contributed by atoms with van der Waals surface area (Å²) in [6, 6.07) is 21.1. The number of ether oxygens (including phenoxy) is 1. The van der Waals surface area contributed by atoms with Gasteiger partial charge in [-0.3, -0.25) is 9.69 Å². The summed E-state index contributed by atoms with van der Waals surface area (Å²) >= 11 is 0. The summed E-state index contributed by atoms with van der Waals surface area (Å²) in [5, 5.41) is 2.88. The van der Waals surface area contributed by atoms with Crippen molar-refractivity contribution < 1.29 is 27.5 Å². The number of para-hydroxylation sites is 2. The number of carbonyl (C=O) groups excluding carboxylic acids is 2. The summed E-state index contributed by atoms with van der Waals surface area (Å²) < 4.78 is 41.0. The van der Waals surface area contributed by atoms with Gasteiger partial charge in [0, 0.05) is 25.2 Å². The highest BCUT2D eigenvalue weighted by molar-refractivity contribution is 6.07. The van der Waals surface area contributed by atoms with Crippen molar-refractivity contribution in [2.75, 3.05) is 23.3 Å². The smallest absolute Gasteiger partial charge is 0.406 e. The van der Waals surface area contributed by atoms with Gasteiger partial charge in [0.1, 0.15) is 5.75 Å². The molecule has 0 saturated carbocycles. The highest BCUT2D eigenvalue weighted by Crippen LogP contribution is 2.30. The molecule has 176 valence electrons. The minimum absolute atomic E-state index is 0.236. The van der Waals surface area contributed by atoms with Crippen LogP contribution in [-0.4, -0.2) is 36.3 Å². The van der Waals surface area contributed by atoms with Crippen molar-refractivity contribution in [1.29, 1.82) is 0 Å². The fourth-order valence-electron chi connectivity index (χ4n) is 3.77. The van der Waals surface area contributed by atoms with E-state index >= 15 is 0 Å². The Morgan fingerprint density at radius 1 is 0.912 bits per heavy atom. The SMILES string of the molecule is O=C(Nc1ccccc1N1CCCN(Cc2ccc(OC(F)(F)F)cc2)C1=O)c1ccccc1. The minimum atomic E-state index is -4.76. The number of nitrogens with zero attached hydrogens (tertiary/aromatic N) is 2. The Hall–Kier alpha value is -4.01. The number of amides is 3. The molecule has 4 rings (SSSR count). The average molecular weight is 469 g/mol. The van der Waals surface area contributed by atoms with Gasteiger partial charge < -0.3 is 15.0 Å². The molecule has 3 amide bonds. The van der Waals surface area contributed by atoms with Crippen LogP contribution < -0.4 is 15.0 Å². The Balaban J connectivity index is 1.48. The van der Waals surface area contributed by atoms with Gasteiger partial charge in [-0.05, 0) is 48.4 Å². The van der Waals surface area contributed by atoms with E-state index in [0.29, 0.717) is 42.0 Å². The molecule has 3 aromatic rings. The lowest BCUT2D eigenvalue weighted by molar-refractivity contribution is -0.274. The summed E-state index contributed by atoms with van der Waals surface area (Å²) in [7, 11) is 0. The molecule has 0 radical (unpaired) electrons. The molecule has 0 aromatic heterocycles. The van der Waals surface area contributed by atoms with Gasteiger partial charge in [0.2, 0.25) is 0 Å². The molecule has 0 spiro atoms. The van der Waals surface area contributed by atoms with Gasteiger partial charge in [-0.1, -0.05) is 42.5 Å². The third-order valence-corrected chi connectivity index (χ3v) is 5.32. The molecule has 1 N–H and O–H groups in total. The maximum atomic E-state index is 13.3. The molecule has 0 unspecified atom stereocenters. The van der Waals surface area contributed by atoms with Gasteiger partial charge in [0.25, 0.3) is 5.91 Å². The van der Waals surface area contributed by atoms with E-state index in [1.165, 1.54) is 24.3 Å². The number of nitrogens with one attached hydrogen (secondary N) is 1. The van der Waals surface area contributed by atoms with Crippen molar-refractivity contribution in [2.24, 2.45) is 0 Å². The third kappa shape index (κ3) is 5.67. The van der Waals surface area contributed by atoms with Gasteiger partial charge in [0.05, 0.1) is 11.4 Å². The molecule has 6 nitrogen and oxygen atoms in total. The van der Waals surface area contributed by atoms with Crippen LogP contribution in [0.2, 0.25) is 0 Å². The first-order chi connectivity index (χ1) is 16.3. The highest BCUT2D eigenvalue weighted by atomic mass is 19.4. The molecule has 9 heteroatoms. The Morgan fingerprint density at radius 2 is 1.59 bits per heavy atom. The van der Waals surface area contributed by atoms with Crippen LogP contribution in [-0.2, 0) is 6.54 Å². The molecule has 1 aliphatic heterocycles. The molecular formula is C25H22F3N3O3. The van der Waals surface area contributed by atoms with Crippen molar-refractivity contribution in [3.05, 3.63) is 90.0 Å². The van der Waals surface area contributed by atoms with E-state index in [1.54, 1.807) is 58.3 Å². The maximum absolute atomic E-state index is 13.3. The highest BCUT2D eigenvalue weighted by Gasteiger charge is 2.31. The largest absolute Gasteiger partial charge is 0.573 e. The quantitative estimate of drug-likeness (QED) is 0.506. The Bertz CT molecular complexity index is 1150. The van der Waals surface area contributed by atoms with Crippen molar-refractivity contribution in [3.8, 4) is 5.75 Å². The van der Waals surface area contributed by atoms with Crippen molar-refractivity contribution in [3.63, 3.8) is 0 Å². The Labute approximate surface area is 194 Å². The molecule has 1 fully saturated rings. The first-order valence-corrected chi connectivity index (χ1v) is 10.7. The van der Waals surface area contributed by atoms with E-state index in [-0.39, 0.29) is 24.2 Å². The fraction of sp³-hybridized carbons (Fsp3) is 0.200. The second-order valence-corrected chi connectivity index (χ2v) is 7.74. The maximum Gasteiger partial charge on any atom is 0.573 e. The van der Waals surface area contributed by atoms with Crippen LogP contribution in [0.25, 0.3) is 0 Å². The number of alkyl halides is 3. The molecule has 34 heavy (non-hydrogen) atoms. The van der Waals surface area contributed by atoms with Gasteiger partial charge in [-0.25, -0.2) is 4.79 Å². The number of anilines is 2. The van der Waals surface area contributed by atoms with Gasteiger partial charge in [-0.2, -0.15) is 0 Å². The Kier molecular flexibility index (Phi) is 6.72. The lowest BCUT2D eigenvalue weighted by Crippen LogP contribution is -2.49. The molecule has 1 saturated heterocycles. The fourth-order valence-corrected chi connectivity index (χ4v) is 3.77. The van der Waals surface area contributed by atoms with E-state index in [9.17, 15) is 22.8 Å². The Morgan fingerprint density at radius 3 is 2.29 bits per heavy atom. The van der Waals surface area contributed by atoms with Gasteiger partial charge in [0.15, 0.2) is 0 Å². The molecule has 3 aromatic carbocycles. The topological polar surface area (TPSA) is 61.9 Å². The van der Waals surface area contributed by atoms with Gasteiger partial charge in [-0.15, -0.1) is 13.2 Å². The first kappa shape index (κ1) is 23.2. The van der Waals surface area contributed by atoms with Crippen LogP contribution in [0.5, 0.6) is 5.75 Å². The second kappa shape index (κ2) is 9.86. The summed E-state index contributed by atoms with van der Waals surface area (Å²) in [6.07, 6.45) is -4.06. The first-order valence-electron chi connectivity index (χ1n) is 10.7. The summed E-state index contributed by atoms with van der Waals surface area (Å²) in [5.41, 5.74) is 2.27. The number of carbonyl (C=O) groups is 2. The van der Waals surface area contributed by atoms with E-state index in [4.69, 9.17) is 0 Å². The average Bonchev–Trinajstić information content (AvgIpc) is 2.82. The van der Waals surface area contributed by atoms with Crippen LogP contribution in [0, 0.1) is 0 Å². The number of halogens is 3. The lowest BCUT2D eigenvalue weighted by atomic mass is 10.1. The number of rotatable bonds is 6. The van der Waals surface area contributed by atoms with E-state index in [1.807, 2.05) is 6.07 Å². The zero-order valence-corrected chi connectivity index (χ0v) is 18.1. The molecular weight excluding hydrogens is 447 g/mol. The van der Waals surface area contributed by atoms with Crippen molar-refractivity contribution >= 4 is 23.3 Å². The van der Waals surface area contributed by atoms with Crippen LogP contribution in [0.3, 0.4) is 0 Å². The van der Waals surface area contributed by atoms with Crippen molar-refractivity contribution in [1.82, 2.24) is 4.90 Å².